The number of sulfonamides is 1. The van der Waals surface area contributed by atoms with Gasteiger partial charge in [-0.3, -0.25) is 5.21 Å². The minimum atomic E-state index is -3.82. The van der Waals surface area contributed by atoms with Gasteiger partial charge in [0, 0.05) is 35.4 Å². The first kappa shape index (κ1) is 22.1. The second-order valence-electron chi connectivity index (χ2n) is 7.44. The van der Waals surface area contributed by atoms with E-state index in [4.69, 9.17) is 9.84 Å². The SMILES string of the molecule is CS(=O)(=O)N(O)c1cccc(-c2cc(OCCNCCO)cc3[nH]c4ccccc4c23)c1. The minimum absolute atomic E-state index is 0.0663. The van der Waals surface area contributed by atoms with Gasteiger partial charge in [0.25, 0.3) is 10.0 Å². The third-order valence-corrected chi connectivity index (χ3v) is 5.95. The molecule has 9 heteroatoms. The van der Waals surface area contributed by atoms with E-state index in [-0.39, 0.29) is 16.8 Å². The van der Waals surface area contributed by atoms with Gasteiger partial charge in [-0.05, 0) is 35.4 Å². The topological polar surface area (TPSA) is 115 Å². The van der Waals surface area contributed by atoms with E-state index in [9.17, 15) is 13.6 Å². The second kappa shape index (κ2) is 9.17. The van der Waals surface area contributed by atoms with Crippen LogP contribution in [0.3, 0.4) is 0 Å². The van der Waals surface area contributed by atoms with E-state index in [1.54, 1.807) is 12.1 Å². The van der Waals surface area contributed by atoms with Crippen LogP contribution in [0.1, 0.15) is 0 Å². The van der Waals surface area contributed by atoms with E-state index in [1.807, 2.05) is 42.5 Å². The Bertz CT molecular complexity index is 1350. The van der Waals surface area contributed by atoms with Crippen LogP contribution < -0.4 is 14.5 Å². The summed E-state index contributed by atoms with van der Waals surface area (Å²) >= 11 is 0. The van der Waals surface area contributed by atoms with E-state index < -0.39 is 10.0 Å². The summed E-state index contributed by atoms with van der Waals surface area (Å²) in [6, 6.07) is 18.5. The van der Waals surface area contributed by atoms with Gasteiger partial charge in [-0.15, -0.1) is 4.47 Å². The number of aliphatic hydroxyl groups excluding tert-OH is 1. The molecule has 0 atom stereocenters. The Morgan fingerprint density at radius 2 is 1.84 bits per heavy atom. The summed E-state index contributed by atoms with van der Waals surface area (Å²) in [5.41, 5.74) is 3.60. The summed E-state index contributed by atoms with van der Waals surface area (Å²) in [4.78, 5) is 3.42. The van der Waals surface area contributed by atoms with Crippen molar-refractivity contribution in [2.24, 2.45) is 0 Å². The Morgan fingerprint density at radius 3 is 2.62 bits per heavy atom. The Morgan fingerprint density at radius 1 is 1.03 bits per heavy atom. The Hall–Kier alpha value is -3.11. The fourth-order valence-electron chi connectivity index (χ4n) is 3.70. The maximum absolute atomic E-state index is 11.8. The van der Waals surface area contributed by atoms with E-state index in [0.717, 1.165) is 39.2 Å². The quantitative estimate of drug-likeness (QED) is 0.228. The van der Waals surface area contributed by atoms with Crippen molar-refractivity contribution in [2.45, 2.75) is 0 Å². The van der Waals surface area contributed by atoms with Crippen molar-refractivity contribution in [1.82, 2.24) is 10.3 Å². The van der Waals surface area contributed by atoms with Gasteiger partial charge in [-0.2, -0.15) is 0 Å². The first-order valence-corrected chi connectivity index (χ1v) is 12.0. The number of hydrogen-bond donors (Lipinski definition) is 4. The molecule has 0 saturated carbocycles. The highest BCUT2D eigenvalue weighted by molar-refractivity contribution is 7.91. The molecule has 1 heterocycles. The molecule has 0 spiro atoms. The van der Waals surface area contributed by atoms with Gasteiger partial charge >= 0.3 is 0 Å². The smallest absolute Gasteiger partial charge is 0.254 e. The molecule has 8 nitrogen and oxygen atoms in total. The highest BCUT2D eigenvalue weighted by Gasteiger charge is 2.17. The molecule has 0 amide bonds. The number of aliphatic hydroxyl groups is 1. The molecule has 0 saturated heterocycles. The molecule has 32 heavy (non-hydrogen) atoms. The summed E-state index contributed by atoms with van der Waals surface area (Å²) in [5.74, 6) is 0.652. The lowest BCUT2D eigenvalue weighted by molar-refractivity contribution is 0.276. The number of hydrogen-bond acceptors (Lipinski definition) is 6. The van der Waals surface area contributed by atoms with Gasteiger partial charge in [-0.25, -0.2) is 8.42 Å². The largest absolute Gasteiger partial charge is 0.492 e. The number of benzene rings is 3. The van der Waals surface area contributed by atoms with E-state index in [2.05, 4.69) is 10.3 Å². The summed E-state index contributed by atoms with van der Waals surface area (Å²) in [6.07, 6.45) is 0.941. The van der Waals surface area contributed by atoms with Crippen molar-refractivity contribution in [2.75, 3.05) is 37.0 Å². The van der Waals surface area contributed by atoms with E-state index in [1.165, 1.54) is 6.07 Å². The van der Waals surface area contributed by atoms with Crippen molar-refractivity contribution in [3.63, 3.8) is 0 Å². The van der Waals surface area contributed by atoms with Crippen LogP contribution in [0.2, 0.25) is 0 Å². The van der Waals surface area contributed by atoms with E-state index >= 15 is 0 Å². The fourth-order valence-corrected chi connectivity index (χ4v) is 4.20. The van der Waals surface area contributed by atoms with Crippen LogP contribution in [0.25, 0.3) is 32.9 Å². The van der Waals surface area contributed by atoms with Crippen LogP contribution in [-0.4, -0.2) is 56.3 Å². The lowest BCUT2D eigenvalue weighted by atomic mass is 9.98. The summed E-state index contributed by atoms with van der Waals surface area (Å²) in [7, 11) is -3.82. The van der Waals surface area contributed by atoms with Crippen LogP contribution in [0, 0.1) is 0 Å². The minimum Gasteiger partial charge on any atom is -0.492 e. The van der Waals surface area contributed by atoms with Gasteiger partial charge in [0.1, 0.15) is 12.4 Å². The number of fused-ring (bicyclic) bond motifs is 3. The van der Waals surface area contributed by atoms with Crippen molar-refractivity contribution in [3.8, 4) is 16.9 Å². The highest BCUT2D eigenvalue weighted by atomic mass is 32.2. The standard InChI is InChI=1S/C23H25N3O5S/c1-32(29,30)26(28)17-6-4-5-16(13-17)20-14-18(31-12-10-24-9-11-27)15-22-23(20)19-7-2-3-8-21(19)25-22/h2-8,13-15,24-25,27-28H,9-12H2,1H3. The predicted molar refractivity (Wildman–Crippen MR) is 126 cm³/mol. The number of para-hydroxylation sites is 1. The van der Waals surface area contributed by atoms with Crippen molar-refractivity contribution in [1.29, 1.82) is 0 Å². The number of H-pyrrole nitrogens is 1. The van der Waals surface area contributed by atoms with Gasteiger partial charge in [0.05, 0.1) is 24.1 Å². The lowest BCUT2D eigenvalue weighted by Crippen LogP contribution is -2.25. The molecule has 4 aromatic rings. The normalized spacial score (nSPS) is 11.8. The first-order chi connectivity index (χ1) is 15.4. The summed E-state index contributed by atoms with van der Waals surface area (Å²) < 4.78 is 29.8. The molecule has 168 valence electrons. The molecular weight excluding hydrogens is 430 g/mol. The summed E-state index contributed by atoms with van der Waals surface area (Å²) in [6.45, 7) is 1.57. The fraction of sp³-hybridized carbons (Fsp3) is 0.217. The number of nitrogens with one attached hydrogen (secondary N) is 2. The predicted octanol–water partition coefficient (Wildman–Crippen LogP) is 3.10. The third-order valence-electron chi connectivity index (χ3n) is 5.11. The molecule has 0 fully saturated rings. The average molecular weight is 456 g/mol. The second-order valence-corrected chi connectivity index (χ2v) is 9.25. The Kier molecular flexibility index (Phi) is 6.33. The van der Waals surface area contributed by atoms with Crippen LogP contribution >= 0.6 is 0 Å². The molecule has 0 bridgehead atoms. The zero-order valence-corrected chi connectivity index (χ0v) is 18.4. The molecule has 0 aliphatic carbocycles. The van der Waals surface area contributed by atoms with Gasteiger partial charge in [0.2, 0.25) is 0 Å². The molecule has 0 aliphatic heterocycles. The average Bonchev–Trinajstić information content (AvgIpc) is 3.16. The molecule has 4 N–H and O–H groups in total. The number of ether oxygens (including phenoxy) is 1. The molecule has 0 unspecified atom stereocenters. The molecule has 0 radical (unpaired) electrons. The number of nitrogens with zero attached hydrogens (tertiary/aromatic N) is 1. The first-order valence-electron chi connectivity index (χ1n) is 10.2. The number of aromatic amines is 1. The maximum Gasteiger partial charge on any atom is 0.254 e. The monoisotopic (exact) mass is 455 g/mol. The number of anilines is 1. The van der Waals surface area contributed by atoms with Gasteiger partial charge in [-0.1, -0.05) is 30.3 Å². The molecule has 3 aromatic carbocycles. The Labute approximate surface area is 186 Å². The molecule has 1 aromatic heterocycles. The van der Waals surface area contributed by atoms with Crippen LogP contribution in [-0.2, 0) is 10.0 Å². The maximum atomic E-state index is 11.8. The molecular formula is C23H25N3O5S. The third kappa shape index (κ3) is 4.56. The van der Waals surface area contributed by atoms with Crippen LogP contribution in [0.5, 0.6) is 5.75 Å². The van der Waals surface area contributed by atoms with Crippen molar-refractivity contribution < 1.29 is 23.5 Å². The lowest BCUT2D eigenvalue weighted by Gasteiger charge is -2.16. The zero-order chi connectivity index (χ0) is 22.7. The van der Waals surface area contributed by atoms with Crippen LogP contribution in [0.4, 0.5) is 5.69 Å². The highest BCUT2D eigenvalue weighted by Crippen LogP contribution is 2.38. The van der Waals surface area contributed by atoms with Gasteiger partial charge in [0.15, 0.2) is 0 Å². The van der Waals surface area contributed by atoms with Gasteiger partial charge < -0.3 is 20.1 Å². The number of rotatable bonds is 9. The summed E-state index contributed by atoms with van der Waals surface area (Å²) in [5, 5.41) is 24.1. The number of aromatic nitrogens is 1. The van der Waals surface area contributed by atoms with Crippen molar-refractivity contribution >= 4 is 37.5 Å². The molecule has 0 aliphatic rings. The molecule has 4 rings (SSSR count). The van der Waals surface area contributed by atoms with Crippen LogP contribution in [0.15, 0.2) is 60.7 Å². The van der Waals surface area contributed by atoms with E-state index in [0.29, 0.717) is 25.4 Å². The Balaban J connectivity index is 1.81. The van der Waals surface area contributed by atoms with Crippen molar-refractivity contribution in [3.05, 3.63) is 60.7 Å². The zero-order valence-electron chi connectivity index (χ0n) is 17.6.